The predicted octanol–water partition coefficient (Wildman–Crippen LogP) is 8.31. The van der Waals surface area contributed by atoms with E-state index in [-0.39, 0.29) is 11.5 Å². The fourth-order valence-corrected chi connectivity index (χ4v) is 6.63. The molecule has 230 valence electrons. The van der Waals surface area contributed by atoms with Gasteiger partial charge in [-0.15, -0.1) is 0 Å². The molecule has 2 aliphatic rings. The Hall–Kier alpha value is -3.08. The summed E-state index contributed by atoms with van der Waals surface area (Å²) in [5.74, 6) is -2.52. The molecule has 6 rings (SSSR count). The van der Waals surface area contributed by atoms with Gasteiger partial charge in [0.1, 0.15) is 28.4 Å². The molecule has 2 aliphatic heterocycles. The average molecular weight is 784 g/mol. The molecular formula is C28H14Br2F6O6S2. The highest BCUT2D eigenvalue weighted by molar-refractivity contribution is 9.10. The number of halogens is 8. The van der Waals surface area contributed by atoms with Crippen LogP contribution in [-0.4, -0.2) is 19.4 Å². The number of alkyl halides is 6. The normalized spacial score (nSPS) is 21.7. The highest BCUT2D eigenvalue weighted by Gasteiger charge is 2.70. The van der Waals surface area contributed by atoms with Crippen molar-refractivity contribution >= 4 is 54.0 Å². The van der Waals surface area contributed by atoms with E-state index >= 15 is 0 Å². The van der Waals surface area contributed by atoms with Gasteiger partial charge in [0.25, 0.3) is 5.79 Å². The van der Waals surface area contributed by atoms with Crippen molar-refractivity contribution in [2.75, 3.05) is 0 Å². The van der Waals surface area contributed by atoms with Crippen LogP contribution in [0.15, 0.2) is 93.9 Å². The SMILES string of the molecule is O=S(Oc1ccc2c(c1)OC1(c3ccc(Br)cc3)Oc3cc(OS(=O)C(F)(F)F)ccc3C21c1ccc(Br)cc1)C(F)(F)F. The molecule has 2 heterocycles. The lowest BCUT2D eigenvalue weighted by Gasteiger charge is -2.38. The molecule has 0 bridgehead atoms. The first kappa shape index (κ1) is 30.9. The van der Waals surface area contributed by atoms with Gasteiger partial charge < -0.3 is 17.8 Å². The van der Waals surface area contributed by atoms with E-state index in [1.54, 1.807) is 48.5 Å². The van der Waals surface area contributed by atoms with Crippen molar-refractivity contribution in [2.45, 2.75) is 22.2 Å². The third-order valence-corrected chi connectivity index (χ3v) is 9.44. The fraction of sp³-hybridized carbons (Fsp3) is 0.143. The molecule has 0 amide bonds. The average Bonchev–Trinajstić information content (AvgIpc) is 3.39. The number of fused-ring (bicyclic) bond motifs is 5. The molecule has 0 radical (unpaired) electrons. The minimum absolute atomic E-state index is 0.0386. The summed E-state index contributed by atoms with van der Waals surface area (Å²) in [4.78, 5) is 0. The van der Waals surface area contributed by atoms with E-state index in [4.69, 9.17) is 9.47 Å². The Kier molecular flexibility index (Phi) is 7.57. The molecule has 6 nitrogen and oxygen atoms in total. The maximum atomic E-state index is 13.0. The van der Waals surface area contributed by atoms with Crippen LogP contribution in [0.4, 0.5) is 26.3 Å². The third kappa shape index (κ3) is 4.99. The van der Waals surface area contributed by atoms with Crippen molar-refractivity contribution in [2.24, 2.45) is 0 Å². The van der Waals surface area contributed by atoms with E-state index in [1.165, 1.54) is 24.3 Å². The zero-order chi connectivity index (χ0) is 31.7. The van der Waals surface area contributed by atoms with Gasteiger partial charge in [-0.2, -0.15) is 26.3 Å². The summed E-state index contributed by atoms with van der Waals surface area (Å²) in [7, 11) is 0. The number of hydrogen-bond donors (Lipinski definition) is 0. The minimum Gasteiger partial charge on any atom is -0.446 e. The molecule has 0 saturated heterocycles. The van der Waals surface area contributed by atoms with Crippen LogP contribution in [0, 0.1) is 0 Å². The second kappa shape index (κ2) is 10.8. The molecule has 0 aliphatic carbocycles. The zero-order valence-corrected chi connectivity index (χ0v) is 26.2. The first-order valence-corrected chi connectivity index (χ1v) is 15.9. The molecule has 0 fully saturated rings. The second-order valence-corrected chi connectivity index (χ2v) is 13.5. The summed E-state index contributed by atoms with van der Waals surface area (Å²) in [5, 5.41) is 0. The van der Waals surface area contributed by atoms with Crippen LogP contribution < -0.4 is 17.8 Å². The van der Waals surface area contributed by atoms with E-state index in [0.29, 0.717) is 26.7 Å². The van der Waals surface area contributed by atoms with Gasteiger partial charge in [0, 0.05) is 37.8 Å². The van der Waals surface area contributed by atoms with Gasteiger partial charge in [-0.25, -0.2) is 8.42 Å². The summed E-state index contributed by atoms with van der Waals surface area (Å²) in [6.45, 7) is 0. The van der Waals surface area contributed by atoms with Gasteiger partial charge >= 0.3 is 33.2 Å². The van der Waals surface area contributed by atoms with Crippen molar-refractivity contribution in [1.82, 2.24) is 0 Å². The molecule has 16 heteroatoms. The van der Waals surface area contributed by atoms with Crippen molar-refractivity contribution in [3.05, 3.63) is 116 Å². The third-order valence-electron chi connectivity index (χ3n) is 6.94. The van der Waals surface area contributed by atoms with Crippen LogP contribution >= 0.6 is 31.9 Å². The minimum atomic E-state index is -5.13. The van der Waals surface area contributed by atoms with Gasteiger partial charge in [0.15, 0.2) is 0 Å². The summed E-state index contributed by atoms with van der Waals surface area (Å²) in [6, 6.07) is 21.4. The highest BCUT2D eigenvalue weighted by Crippen LogP contribution is 2.67. The summed E-state index contributed by atoms with van der Waals surface area (Å²) in [5.41, 5.74) is -9.86. The Morgan fingerprint density at radius 2 is 0.977 bits per heavy atom. The highest BCUT2D eigenvalue weighted by atomic mass is 79.9. The molecule has 0 N–H and O–H groups in total. The first-order valence-electron chi connectivity index (χ1n) is 12.2. The van der Waals surface area contributed by atoms with Crippen molar-refractivity contribution in [1.29, 1.82) is 0 Å². The van der Waals surface area contributed by atoms with E-state index in [2.05, 4.69) is 40.2 Å². The van der Waals surface area contributed by atoms with Crippen LogP contribution in [0.3, 0.4) is 0 Å². The van der Waals surface area contributed by atoms with Gasteiger partial charge in [-0.3, -0.25) is 0 Å². The van der Waals surface area contributed by atoms with E-state index < -0.39 is 55.9 Å². The van der Waals surface area contributed by atoms with Gasteiger partial charge in [0.2, 0.25) is 0 Å². The monoisotopic (exact) mass is 782 g/mol. The quantitative estimate of drug-likeness (QED) is 0.183. The molecule has 2 unspecified atom stereocenters. The topological polar surface area (TPSA) is 71.1 Å². The molecule has 44 heavy (non-hydrogen) atoms. The molecule has 0 spiro atoms. The number of ether oxygens (including phenoxy) is 2. The van der Waals surface area contributed by atoms with Crippen molar-refractivity contribution < 1.29 is 52.6 Å². The molecule has 4 aromatic rings. The molecule has 0 saturated carbocycles. The smallest absolute Gasteiger partial charge is 0.446 e. The van der Waals surface area contributed by atoms with Crippen LogP contribution in [-0.2, 0) is 33.4 Å². The Balaban J connectivity index is 1.60. The van der Waals surface area contributed by atoms with Crippen molar-refractivity contribution in [3.8, 4) is 23.0 Å². The first-order chi connectivity index (χ1) is 20.6. The van der Waals surface area contributed by atoms with Crippen LogP contribution in [0.2, 0.25) is 0 Å². The molecule has 2 atom stereocenters. The van der Waals surface area contributed by atoms with Gasteiger partial charge in [-0.1, -0.05) is 68.3 Å². The van der Waals surface area contributed by atoms with Crippen LogP contribution in [0.5, 0.6) is 23.0 Å². The number of rotatable bonds is 6. The summed E-state index contributed by atoms with van der Waals surface area (Å²) < 4.78 is 125. The maximum absolute atomic E-state index is 13.0. The molecule has 4 aromatic carbocycles. The van der Waals surface area contributed by atoms with E-state index in [0.717, 1.165) is 16.6 Å². The maximum Gasteiger partial charge on any atom is 0.508 e. The Morgan fingerprint density at radius 3 is 1.36 bits per heavy atom. The van der Waals surface area contributed by atoms with E-state index in [1.807, 2.05) is 0 Å². The largest absolute Gasteiger partial charge is 0.508 e. The number of hydrogen-bond acceptors (Lipinski definition) is 6. The Morgan fingerprint density at radius 1 is 0.591 bits per heavy atom. The lowest BCUT2D eigenvalue weighted by atomic mass is 9.64. The molecular weight excluding hydrogens is 770 g/mol. The molecule has 0 aromatic heterocycles. The van der Waals surface area contributed by atoms with Gasteiger partial charge in [-0.05, 0) is 42.0 Å². The zero-order valence-electron chi connectivity index (χ0n) is 21.4. The predicted molar refractivity (Wildman–Crippen MR) is 154 cm³/mol. The van der Waals surface area contributed by atoms with Crippen LogP contribution in [0.25, 0.3) is 0 Å². The van der Waals surface area contributed by atoms with Crippen molar-refractivity contribution in [3.63, 3.8) is 0 Å². The Labute approximate surface area is 266 Å². The van der Waals surface area contributed by atoms with Gasteiger partial charge in [0.05, 0.1) is 0 Å². The van der Waals surface area contributed by atoms with Crippen LogP contribution in [0.1, 0.15) is 22.3 Å². The second-order valence-electron chi connectivity index (χ2n) is 9.43. The summed E-state index contributed by atoms with van der Waals surface area (Å²) >= 11 is -0.518. The lowest BCUT2D eigenvalue weighted by molar-refractivity contribution is -0.119. The van der Waals surface area contributed by atoms with E-state index in [9.17, 15) is 34.8 Å². The fourth-order valence-electron chi connectivity index (χ4n) is 5.35. The number of benzene rings is 4. The Bertz CT molecular complexity index is 1730. The summed E-state index contributed by atoms with van der Waals surface area (Å²) in [6.07, 6.45) is 0. The standard InChI is InChI=1S/C28H14Br2F6O6S2/c29-17-5-1-15(2-6-17)25-21-11-9-19(41-43(37)27(31,32)33)13-23(21)39-26(25,16-3-7-18(30)8-4-16)40-24-14-20(10-12-22(24)25)42-44(38)28(34,35)36/h1-14H. The lowest BCUT2D eigenvalue weighted by Crippen LogP contribution is -2.50.